The van der Waals surface area contributed by atoms with Gasteiger partial charge in [0.25, 0.3) is 0 Å². The summed E-state index contributed by atoms with van der Waals surface area (Å²) in [5, 5.41) is 3.19. The fourth-order valence-electron chi connectivity index (χ4n) is 2.92. The van der Waals surface area contributed by atoms with Crippen LogP contribution in [-0.4, -0.2) is 10.8 Å². The minimum absolute atomic E-state index is 0.0840. The van der Waals surface area contributed by atoms with Crippen molar-refractivity contribution in [3.63, 3.8) is 0 Å². The van der Waals surface area contributed by atoms with Crippen LogP contribution in [0.3, 0.4) is 0 Å². The van der Waals surface area contributed by atoms with Crippen LogP contribution in [0.15, 0.2) is 47.4 Å². The molecular formula is C18H19NOS. The smallest absolute Gasteiger partial charge is 0.156 e. The Morgan fingerprint density at radius 1 is 1.19 bits per heavy atom. The number of nitrogens with zero attached hydrogens (tertiary/aromatic N) is 1. The fourth-order valence-corrected chi connectivity index (χ4v) is 3.78. The molecule has 2 nitrogen and oxygen atoms in total. The van der Waals surface area contributed by atoms with Crippen molar-refractivity contribution in [2.24, 2.45) is 5.41 Å². The molecule has 2 aromatic rings. The Kier molecular flexibility index (Phi) is 3.77. The molecule has 1 aliphatic carbocycles. The van der Waals surface area contributed by atoms with Crippen LogP contribution < -0.4 is 0 Å². The fraction of sp³-hybridized carbons (Fsp3) is 0.333. The molecule has 0 unspecified atom stereocenters. The number of benzene rings is 1. The molecule has 0 saturated heterocycles. The summed E-state index contributed by atoms with van der Waals surface area (Å²) in [5.74, 6) is 0.251. The number of ketones is 1. The second kappa shape index (κ2) is 5.57. The summed E-state index contributed by atoms with van der Waals surface area (Å²) in [4.78, 5) is 16.5. The van der Waals surface area contributed by atoms with Crippen molar-refractivity contribution >= 4 is 17.1 Å². The van der Waals surface area contributed by atoms with Gasteiger partial charge in [-0.15, -0.1) is 11.3 Å². The van der Waals surface area contributed by atoms with Crippen LogP contribution in [0.2, 0.25) is 0 Å². The Morgan fingerprint density at radius 3 is 2.67 bits per heavy atom. The van der Waals surface area contributed by atoms with Gasteiger partial charge in [0.05, 0.1) is 10.7 Å². The number of rotatable bonds is 3. The van der Waals surface area contributed by atoms with E-state index in [1.165, 1.54) is 5.57 Å². The molecule has 0 atom stereocenters. The van der Waals surface area contributed by atoms with Crippen LogP contribution in [0.5, 0.6) is 0 Å². The standard InChI is InChI=1S/C18H19NOS/c1-18(2)10-13(8-15(20)11-18)9-17-19-16(12-21-17)14-6-4-3-5-7-14/h3-8,12H,9-11H2,1-2H3. The van der Waals surface area contributed by atoms with Gasteiger partial charge in [-0.25, -0.2) is 4.98 Å². The minimum atomic E-state index is 0.0840. The quantitative estimate of drug-likeness (QED) is 0.824. The molecule has 108 valence electrons. The number of allylic oxidation sites excluding steroid dienone is 2. The van der Waals surface area contributed by atoms with E-state index in [2.05, 4.69) is 31.4 Å². The molecule has 0 radical (unpaired) electrons. The maximum Gasteiger partial charge on any atom is 0.156 e. The second-order valence-electron chi connectivity index (χ2n) is 6.46. The third-order valence-corrected chi connectivity index (χ3v) is 4.57. The van der Waals surface area contributed by atoms with Gasteiger partial charge in [-0.2, -0.15) is 0 Å². The highest BCUT2D eigenvalue weighted by atomic mass is 32.1. The second-order valence-corrected chi connectivity index (χ2v) is 7.40. The third kappa shape index (κ3) is 3.48. The number of hydrogen-bond donors (Lipinski definition) is 0. The molecule has 1 aliphatic rings. The van der Waals surface area contributed by atoms with Gasteiger partial charge in [0.15, 0.2) is 5.78 Å². The van der Waals surface area contributed by atoms with Crippen LogP contribution in [-0.2, 0) is 11.2 Å². The average molecular weight is 297 g/mol. The summed E-state index contributed by atoms with van der Waals surface area (Å²) in [7, 11) is 0. The molecule has 1 heterocycles. The maximum atomic E-state index is 11.8. The van der Waals surface area contributed by atoms with E-state index in [9.17, 15) is 4.79 Å². The summed E-state index contributed by atoms with van der Waals surface area (Å²) in [6.07, 6.45) is 4.27. The zero-order valence-corrected chi connectivity index (χ0v) is 13.2. The Labute approximate surface area is 129 Å². The van der Waals surface area contributed by atoms with Crippen LogP contribution in [0.25, 0.3) is 11.3 Å². The molecule has 0 fully saturated rings. The van der Waals surface area contributed by atoms with Gasteiger partial charge >= 0.3 is 0 Å². The van der Waals surface area contributed by atoms with Gasteiger partial charge in [-0.3, -0.25) is 4.79 Å². The van der Waals surface area contributed by atoms with E-state index in [0.29, 0.717) is 6.42 Å². The normalized spacial score (nSPS) is 17.6. The number of hydrogen-bond acceptors (Lipinski definition) is 3. The van der Waals surface area contributed by atoms with E-state index in [1.807, 2.05) is 24.3 Å². The van der Waals surface area contributed by atoms with Crippen molar-refractivity contribution < 1.29 is 4.79 Å². The lowest BCUT2D eigenvalue weighted by Gasteiger charge is -2.28. The van der Waals surface area contributed by atoms with Gasteiger partial charge in [-0.05, 0) is 17.9 Å². The molecule has 0 saturated carbocycles. The van der Waals surface area contributed by atoms with Gasteiger partial charge in [0, 0.05) is 23.8 Å². The maximum absolute atomic E-state index is 11.8. The average Bonchev–Trinajstić information content (AvgIpc) is 2.86. The summed E-state index contributed by atoms with van der Waals surface area (Å²) < 4.78 is 0. The summed E-state index contributed by atoms with van der Waals surface area (Å²) in [5.41, 5.74) is 3.47. The number of thiazole rings is 1. The largest absolute Gasteiger partial charge is 0.295 e. The first-order valence-corrected chi connectivity index (χ1v) is 8.12. The van der Waals surface area contributed by atoms with Crippen LogP contribution >= 0.6 is 11.3 Å². The molecule has 1 aromatic carbocycles. The third-order valence-electron chi connectivity index (χ3n) is 3.72. The van der Waals surface area contributed by atoms with Gasteiger partial charge in [-0.1, -0.05) is 49.8 Å². The van der Waals surface area contributed by atoms with E-state index >= 15 is 0 Å². The first-order chi connectivity index (χ1) is 10.0. The van der Waals surface area contributed by atoms with E-state index in [-0.39, 0.29) is 11.2 Å². The Bertz CT molecular complexity index is 682. The molecular weight excluding hydrogens is 278 g/mol. The van der Waals surface area contributed by atoms with Crippen molar-refractivity contribution in [3.8, 4) is 11.3 Å². The van der Waals surface area contributed by atoms with Gasteiger partial charge < -0.3 is 0 Å². The van der Waals surface area contributed by atoms with E-state index in [4.69, 9.17) is 4.98 Å². The zero-order valence-electron chi connectivity index (χ0n) is 12.4. The van der Waals surface area contributed by atoms with Crippen LogP contribution in [0.1, 0.15) is 31.7 Å². The highest BCUT2D eigenvalue weighted by molar-refractivity contribution is 7.10. The number of carbonyl (C=O) groups excluding carboxylic acids is 1. The Balaban J connectivity index is 1.78. The molecule has 0 N–H and O–H groups in total. The van der Waals surface area contributed by atoms with Crippen molar-refractivity contribution in [2.45, 2.75) is 33.1 Å². The molecule has 21 heavy (non-hydrogen) atoms. The van der Waals surface area contributed by atoms with Crippen molar-refractivity contribution in [1.29, 1.82) is 0 Å². The van der Waals surface area contributed by atoms with Crippen LogP contribution in [0.4, 0.5) is 0 Å². The van der Waals surface area contributed by atoms with E-state index in [1.54, 1.807) is 11.3 Å². The lowest BCUT2D eigenvalue weighted by molar-refractivity contribution is -0.117. The van der Waals surface area contributed by atoms with Crippen molar-refractivity contribution in [2.75, 3.05) is 0 Å². The van der Waals surface area contributed by atoms with Crippen LogP contribution in [0, 0.1) is 5.41 Å². The minimum Gasteiger partial charge on any atom is -0.295 e. The predicted molar refractivity (Wildman–Crippen MR) is 87.4 cm³/mol. The highest BCUT2D eigenvalue weighted by Crippen LogP contribution is 2.35. The number of aromatic nitrogens is 1. The zero-order chi connectivity index (χ0) is 14.9. The summed E-state index contributed by atoms with van der Waals surface area (Å²) >= 11 is 1.68. The summed E-state index contributed by atoms with van der Waals surface area (Å²) in [6.45, 7) is 4.32. The van der Waals surface area contributed by atoms with Crippen molar-refractivity contribution in [3.05, 3.63) is 52.4 Å². The van der Waals surface area contributed by atoms with E-state index < -0.39 is 0 Å². The lowest BCUT2D eigenvalue weighted by atomic mass is 9.76. The molecule has 1 aromatic heterocycles. The number of carbonyl (C=O) groups is 1. The Morgan fingerprint density at radius 2 is 1.95 bits per heavy atom. The predicted octanol–water partition coefficient (Wildman–Crippen LogP) is 4.67. The molecule has 0 spiro atoms. The monoisotopic (exact) mass is 297 g/mol. The topological polar surface area (TPSA) is 30.0 Å². The SMILES string of the molecule is CC1(C)CC(=O)C=C(Cc2nc(-c3ccccc3)cs2)C1. The first kappa shape index (κ1) is 14.2. The molecule has 3 rings (SSSR count). The molecule has 0 aliphatic heterocycles. The Hall–Kier alpha value is -1.74. The molecule has 3 heteroatoms. The lowest BCUT2D eigenvalue weighted by Crippen LogP contribution is -2.22. The van der Waals surface area contributed by atoms with Gasteiger partial charge in [0.2, 0.25) is 0 Å². The highest BCUT2D eigenvalue weighted by Gasteiger charge is 2.27. The van der Waals surface area contributed by atoms with E-state index in [0.717, 1.165) is 29.1 Å². The molecule has 0 amide bonds. The summed E-state index contributed by atoms with van der Waals surface area (Å²) in [6, 6.07) is 10.2. The van der Waals surface area contributed by atoms with Gasteiger partial charge in [0.1, 0.15) is 0 Å². The van der Waals surface area contributed by atoms with Crippen molar-refractivity contribution in [1.82, 2.24) is 4.98 Å². The molecule has 0 bridgehead atoms. The first-order valence-electron chi connectivity index (χ1n) is 7.24.